The van der Waals surface area contributed by atoms with Gasteiger partial charge in [-0.25, -0.2) is 0 Å². The molecule has 2 amide bonds. The summed E-state index contributed by atoms with van der Waals surface area (Å²) in [4.78, 5) is 30.8. The van der Waals surface area contributed by atoms with Gasteiger partial charge in [0.1, 0.15) is 0 Å². The Morgan fingerprint density at radius 3 is 2.08 bits per heavy atom. The maximum atomic E-state index is 12.5. The first-order valence-corrected chi connectivity index (χ1v) is 9.39. The van der Waals surface area contributed by atoms with Gasteiger partial charge in [-0.05, 0) is 37.4 Å². The van der Waals surface area contributed by atoms with E-state index in [4.69, 9.17) is 0 Å². The molecular weight excluding hydrogens is 370 g/mol. The molecule has 0 unspecified atom stereocenters. The van der Waals surface area contributed by atoms with E-state index in [1.54, 1.807) is 0 Å². The standard InChI is InChI=1S/C18H26BrN3O2/c1-3-20(4-2)10-9-17(23)21-11-13-22(14-12-21)18(24)15-5-7-16(19)8-6-15/h5-8H,3-4,9-14H2,1-2H3. The number of amides is 2. The van der Waals surface area contributed by atoms with Gasteiger partial charge in [0.15, 0.2) is 0 Å². The molecule has 5 nitrogen and oxygen atoms in total. The summed E-state index contributed by atoms with van der Waals surface area (Å²) >= 11 is 3.38. The predicted octanol–water partition coefficient (Wildman–Crippen LogP) is 2.47. The summed E-state index contributed by atoms with van der Waals surface area (Å²) < 4.78 is 0.961. The number of halogens is 1. The maximum Gasteiger partial charge on any atom is 0.253 e. The van der Waals surface area contributed by atoms with Crippen molar-refractivity contribution < 1.29 is 9.59 Å². The van der Waals surface area contributed by atoms with Gasteiger partial charge in [0.2, 0.25) is 5.91 Å². The van der Waals surface area contributed by atoms with Gasteiger partial charge in [0, 0.05) is 49.2 Å². The number of rotatable bonds is 6. The third-order valence-corrected chi connectivity index (χ3v) is 5.08. The zero-order chi connectivity index (χ0) is 17.5. The maximum absolute atomic E-state index is 12.5. The first-order valence-electron chi connectivity index (χ1n) is 8.60. The Kier molecular flexibility index (Phi) is 7.24. The second-order valence-corrected chi connectivity index (χ2v) is 6.87. The van der Waals surface area contributed by atoms with Crippen LogP contribution in [0, 0.1) is 0 Å². The van der Waals surface area contributed by atoms with E-state index in [1.165, 1.54) is 0 Å². The molecule has 1 aliphatic heterocycles. The number of carbonyl (C=O) groups is 2. The lowest BCUT2D eigenvalue weighted by atomic mass is 10.2. The molecule has 6 heteroatoms. The highest BCUT2D eigenvalue weighted by Crippen LogP contribution is 2.14. The van der Waals surface area contributed by atoms with Crippen molar-refractivity contribution in [3.05, 3.63) is 34.3 Å². The van der Waals surface area contributed by atoms with Crippen LogP contribution in [0.4, 0.5) is 0 Å². The summed E-state index contributed by atoms with van der Waals surface area (Å²) in [5, 5.41) is 0. The Morgan fingerprint density at radius 1 is 1.00 bits per heavy atom. The summed E-state index contributed by atoms with van der Waals surface area (Å²) in [5.74, 6) is 0.232. The molecule has 1 aromatic rings. The lowest BCUT2D eigenvalue weighted by Crippen LogP contribution is -2.51. The van der Waals surface area contributed by atoms with E-state index in [9.17, 15) is 9.59 Å². The van der Waals surface area contributed by atoms with E-state index in [1.807, 2.05) is 34.1 Å². The van der Waals surface area contributed by atoms with Gasteiger partial charge in [-0.15, -0.1) is 0 Å². The Morgan fingerprint density at radius 2 is 1.54 bits per heavy atom. The zero-order valence-corrected chi connectivity index (χ0v) is 16.1. The van der Waals surface area contributed by atoms with Crippen LogP contribution >= 0.6 is 15.9 Å². The molecule has 0 bridgehead atoms. The second-order valence-electron chi connectivity index (χ2n) is 5.96. The molecule has 1 saturated heterocycles. The molecule has 1 aromatic carbocycles. The smallest absolute Gasteiger partial charge is 0.253 e. The van der Waals surface area contributed by atoms with Crippen LogP contribution in [0.15, 0.2) is 28.7 Å². The second kappa shape index (κ2) is 9.18. The van der Waals surface area contributed by atoms with Gasteiger partial charge >= 0.3 is 0 Å². The summed E-state index contributed by atoms with van der Waals surface area (Å²) in [7, 11) is 0. The van der Waals surface area contributed by atoms with E-state index in [2.05, 4.69) is 34.7 Å². The fourth-order valence-corrected chi connectivity index (χ4v) is 3.15. The first kappa shape index (κ1) is 18.9. The normalized spacial score (nSPS) is 15.0. The average Bonchev–Trinajstić information content (AvgIpc) is 2.62. The van der Waals surface area contributed by atoms with Crippen molar-refractivity contribution in [1.82, 2.24) is 14.7 Å². The molecule has 0 aliphatic carbocycles. The molecule has 2 rings (SSSR count). The van der Waals surface area contributed by atoms with Gasteiger partial charge in [-0.2, -0.15) is 0 Å². The molecule has 24 heavy (non-hydrogen) atoms. The summed E-state index contributed by atoms with van der Waals surface area (Å²) in [6.07, 6.45) is 0.558. The highest BCUT2D eigenvalue weighted by atomic mass is 79.9. The van der Waals surface area contributed by atoms with Crippen molar-refractivity contribution >= 4 is 27.7 Å². The SMILES string of the molecule is CCN(CC)CCC(=O)N1CCN(C(=O)c2ccc(Br)cc2)CC1. The Balaban J connectivity index is 1.81. The summed E-state index contributed by atoms with van der Waals surface area (Å²) in [5.41, 5.74) is 0.694. The predicted molar refractivity (Wildman–Crippen MR) is 99.0 cm³/mol. The highest BCUT2D eigenvalue weighted by Gasteiger charge is 2.24. The number of nitrogens with zero attached hydrogens (tertiary/aromatic N) is 3. The first-order chi connectivity index (χ1) is 11.5. The number of benzene rings is 1. The van der Waals surface area contributed by atoms with Crippen LogP contribution in [-0.2, 0) is 4.79 Å². The van der Waals surface area contributed by atoms with Crippen molar-refractivity contribution in [2.45, 2.75) is 20.3 Å². The van der Waals surface area contributed by atoms with E-state index in [0.29, 0.717) is 38.2 Å². The molecule has 0 N–H and O–H groups in total. The van der Waals surface area contributed by atoms with Crippen LogP contribution in [-0.4, -0.2) is 72.3 Å². The Hall–Kier alpha value is -1.40. The Bertz CT molecular complexity index is 550. The topological polar surface area (TPSA) is 43.9 Å². The fourth-order valence-electron chi connectivity index (χ4n) is 2.89. The minimum Gasteiger partial charge on any atom is -0.339 e. The molecule has 1 fully saturated rings. The van der Waals surface area contributed by atoms with Gasteiger partial charge in [0.05, 0.1) is 0 Å². The van der Waals surface area contributed by atoms with E-state index < -0.39 is 0 Å². The molecular formula is C18H26BrN3O2. The van der Waals surface area contributed by atoms with Crippen molar-refractivity contribution in [1.29, 1.82) is 0 Å². The van der Waals surface area contributed by atoms with Gasteiger partial charge in [-0.3, -0.25) is 9.59 Å². The summed E-state index contributed by atoms with van der Waals surface area (Å²) in [6, 6.07) is 7.41. The van der Waals surface area contributed by atoms with Crippen molar-refractivity contribution in [3.63, 3.8) is 0 Å². The molecule has 132 valence electrons. The molecule has 0 saturated carbocycles. The molecule has 0 spiro atoms. The van der Waals surface area contributed by atoms with Gasteiger partial charge in [-0.1, -0.05) is 29.8 Å². The fraction of sp³-hybridized carbons (Fsp3) is 0.556. The van der Waals surface area contributed by atoms with Crippen LogP contribution in [0.25, 0.3) is 0 Å². The van der Waals surface area contributed by atoms with Gasteiger partial charge < -0.3 is 14.7 Å². The number of hydrogen-bond acceptors (Lipinski definition) is 3. The van der Waals surface area contributed by atoms with E-state index in [0.717, 1.165) is 24.1 Å². The number of piperazine rings is 1. The van der Waals surface area contributed by atoms with E-state index in [-0.39, 0.29) is 11.8 Å². The third kappa shape index (κ3) is 5.05. The Labute approximate surface area is 152 Å². The minimum atomic E-state index is 0.0396. The van der Waals surface area contributed by atoms with Crippen LogP contribution < -0.4 is 0 Å². The molecule has 1 aliphatic rings. The lowest BCUT2D eigenvalue weighted by molar-refractivity contribution is -0.133. The number of hydrogen-bond donors (Lipinski definition) is 0. The number of carbonyl (C=O) groups excluding carboxylic acids is 2. The van der Waals surface area contributed by atoms with Crippen LogP contribution in [0.1, 0.15) is 30.6 Å². The van der Waals surface area contributed by atoms with Gasteiger partial charge in [0.25, 0.3) is 5.91 Å². The molecule has 1 heterocycles. The largest absolute Gasteiger partial charge is 0.339 e. The van der Waals surface area contributed by atoms with E-state index >= 15 is 0 Å². The molecule has 0 aromatic heterocycles. The quantitative estimate of drug-likeness (QED) is 0.742. The van der Waals surface area contributed by atoms with Crippen molar-refractivity contribution in [3.8, 4) is 0 Å². The summed E-state index contributed by atoms with van der Waals surface area (Å²) in [6.45, 7) is 9.43. The average molecular weight is 396 g/mol. The van der Waals surface area contributed by atoms with Crippen LogP contribution in [0.5, 0.6) is 0 Å². The molecule has 0 radical (unpaired) electrons. The monoisotopic (exact) mass is 395 g/mol. The zero-order valence-electron chi connectivity index (χ0n) is 14.5. The third-order valence-electron chi connectivity index (χ3n) is 4.55. The van der Waals surface area contributed by atoms with Crippen LogP contribution in [0.2, 0.25) is 0 Å². The van der Waals surface area contributed by atoms with Crippen molar-refractivity contribution in [2.75, 3.05) is 45.8 Å². The van der Waals surface area contributed by atoms with Crippen LogP contribution in [0.3, 0.4) is 0 Å². The van der Waals surface area contributed by atoms with Crippen molar-refractivity contribution in [2.24, 2.45) is 0 Å². The lowest BCUT2D eigenvalue weighted by Gasteiger charge is -2.35. The highest BCUT2D eigenvalue weighted by molar-refractivity contribution is 9.10. The molecule has 0 atom stereocenters. The minimum absolute atomic E-state index is 0.0396.